The Labute approximate surface area is 130 Å². The highest BCUT2D eigenvalue weighted by Crippen LogP contribution is 2.49. The Bertz CT molecular complexity index is 531. The van der Waals surface area contributed by atoms with Gasteiger partial charge in [-0.2, -0.15) is 0 Å². The van der Waals surface area contributed by atoms with Crippen molar-refractivity contribution < 1.29 is 9.59 Å². The molecule has 2 N–H and O–H groups in total. The lowest BCUT2D eigenvalue weighted by atomic mass is 10.1. The lowest BCUT2D eigenvalue weighted by Crippen LogP contribution is -2.37. The Morgan fingerprint density at radius 1 is 1.24 bits per heavy atom. The summed E-state index contributed by atoms with van der Waals surface area (Å²) >= 11 is 6.14. The second kappa shape index (κ2) is 6.94. The largest absolute Gasteiger partial charge is 0.354 e. The van der Waals surface area contributed by atoms with Crippen molar-refractivity contribution >= 4 is 23.4 Å². The standard InChI is InChI=1S/C16H21ClN2O2/c1-10(2)15(20)18-7-8-19-16(21)13-9-12(13)11-5-3-4-6-14(11)17/h3-6,10,12-13H,7-9H2,1-2H3,(H,18,20)(H,19,21). The zero-order chi connectivity index (χ0) is 15.4. The van der Waals surface area contributed by atoms with Gasteiger partial charge in [0.05, 0.1) is 0 Å². The highest BCUT2D eigenvalue weighted by Gasteiger charge is 2.44. The number of carbonyl (C=O) groups is 2. The molecule has 1 fully saturated rings. The summed E-state index contributed by atoms with van der Waals surface area (Å²) in [5, 5.41) is 6.36. The van der Waals surface area contributed by atoms with Gasteiger partial charge in [0.2, 0.25) is 11.8 Å². The Kier molecular flexibility index (Phi) is 5.23. The summed E-state index contributed by atoms with van der Waals surface area (Å²) in [5.74, 6) is 0.242. The number of hydrogen-bond donors (Lipinski definition) is 2. The van der Waals surface area contributed by atoms with E-state index in [4.69, 9.17) is 11.6 Å². The van der Waals surface area contributed by atoms with Crippen molar-refractivity contribution in [3.8, 4) is 0 Å². The molecule has 1 aliphatic rings. The van der Waals surface area contributed by atoms with Gasteiger partial charge in [0.15, 0.2) is 0 Å². The molecule has 0 aliphatic heterocycles. The van der Waals surface area contributed by atoms with Crippen LogP contribution in [-0.4, -0.2) is 24.9 Å². The van der Waals surface area contributed by atoms with Crippen molar-refractivity contribution in [3.63, 3.8) is 0 Å². The smallest absolute Gasteiger partial charge is 0.223 e. The van der Waals surface area contributed by atoms with Gasteiger partial charge < -0.3 is 10.6 Å². The number of halogens is 1. The summed E-state index contributed by atoms with van der Waals surface area (Å²) in [4.78, 5) is 23.4. The van der Waals surface area contributed by atoms with Gasteiger partial charge in [-0.25, -0.2) is 0 Å². The number of benzene rings is 1. The molecule has 2 rings (SSSR count). The van der Waals surface area contributed by atoms with Crippen LogP contribution in [0.4, 0.5) is 0 Å². The minimum absolute atomic E-state index is 0.00427. The molecule has 4 nitrogen and oxygen atoms in total. The average molecular weight is 309 g/mol. The minimum atomic E-state index is -0.0336. The summed E-state index contributed by atoms with van der Waals surface area (Å²) in [7, 11) is 0. The Hall–Kier alpha value is -1.55. The van der Waals surface area contributed by atoms with E-state index in [-0.39, 0.29) is 29.6 Å². The van der Waals surface area contributed by atoms with Crippen molar-refractivity contribution in [3.05, 3.63) is 34.9 Å². The first-order valence-corrected chi connectivity index (χ1v) is 7.68. The van der Waals surface area contributed by atoms with E-state index in [1.54, 1.807) is 0 Å². The van der Waals surface area contributed by atoms with E-state index in [0.29, 0.717) is 13.1 Å². The molecule has 2 unspecified atom stereocenters. The number of nitrogens with one attached hydrogen (secondary N) is 2. The van der Waals surface area contributed by atoms with E-state index in [0.717, 1.165) is 17.0 Å². The summed E-state index contributed by atoms with van der Waals surface area (Å²) in [5.41, 5.74) is 1.05. The monoisotopic (exact) mass is 308 g/mol. The number of rotatable bonds is 6. The molecular weight excluding hydrogens is 288 g/mol. The highest BCUT2D eigenvalue weighted by molar-refractivity contribution is 6.31. The third-order valence-corrected chi connectivity index (χ3v) is 4.02. The molecule has 2 amide bonds. The van der Waals surface area contributed by atoms with Crippen LogP contribution in [0.3, 0.4) is 0 Å². The second-order valence-corrected chi connectivity index (χ2v) is 6.11. The number of amides is 2. The van der Waals surface area contributed by atoms with Crippen LogP contribution in [0.25, 0.3) is 0 Å². The molecule has 5 heteroatoms. The Morgan fingerprint density at radius 3 is 2.57 bits per heavy atom. The van der Waals surface area contributed by atoms with Crippen LogP contribution in [0.1, 0.15) is 31.7 Å². The van der Waals surface area contributed by atoms with Crippen molar-refractivity contribution in [2.24, 2.45) is 11.8 Å². The first-order chi connectivity index (χ1) is 10.0. The van der Waals surface area contributed by atoms with E-state index in [2.05, 4.69) is 10.6 Å². The first-order valence-electron chi connectivity index (χ1n) is 7.30. The molecule has 2 atom stereocenters. The van der Waals surface area contributed by atoms with Gasteiger partial charge in [-0.15, -0.1) is 0 Å². The van der Waals surface area contributed by atoms with Crippen molar-refractivity contribution in [2.75, 3.05) is 13.1 Å². The normalized spacial score (nSPS) is 20.2. The molecule has 1 saturated carbocycles. The van der Waals surface area contributed by atoms with Gasteiger partial charge in [-0.1, -0.05) is 43.6 Å². The molecule has 0 bridgehead atoms. The summed E-state index contributed by atoms with van der Waals surface area (Å²) < 4.78 is 0. The molecular formula is C16H21ClN2O2. The highest BCUT2D eigenvalue weighted by atomic mass is 35.5. The van der Waals surface area contributed by atoms with Gasteiger partial charge in [0.1, 0.15) is 0 Å². The van der Waals surface area contributed by atoms with Crippen LogP contribution < -0.4 is 10.6 Å². The molecule has 0 spiro atoms. The van der Waals surface area contributed by atoms with Crippen LogP contribution in [0.5, 0.6) is 0 Å². The van der Waals surface area contributed by atoms with E-state index >= 15 is 0 Å². The fraction of sp³-hybridized carbons (Fsp3) is 0.500. The zero-order valence-electron chi connectivity index (χ0n) is 12.4. The minimum Gasteiger partial charge on any atom is -0.354 e. The molecule has 0 aromatic heterocycles. The summed E-state index contributed by atoms with van der Waals surface area (Å²) in [6, 6.07) is 7.66. The number of carbonyl (C=O) groups excluding carboxylic acids is 2. The molecule has 1 aromatic rings. The molecule has 114 valence electrons. The maximum absolute atomic E-state index is 12.0. The Morgan fingerprint density at radius 2 is 1.90 bits per heavy atom. The fourth-order valence-corrected chi connectivity index (χ4v) is 2.59. The van der Waals surface area contributed by atoms with Gasteiger partial charge in [-0.3, -0.25) is 9.59 Å². The van der Waals surface area contributed by atoms with Crippen LogP contribution in [0, 0.1) is 11.8 Å². The van der Waals surface area contributed by atoms with Crippen LogP contribution in [0.15, 0.2) is 24.3 Å². The lowest BCUT2D eigenvalue weighted by molar-refractivity contribution is -0.125. The topological polar surface area (TPSA) is 58.2 Å². The SMILES string of the molecule is CC(C)C(=O)NCCNC(=O)C1CC1c1ccccc1Cl. The molecule has 0 saturated heterocycles. The van der Waals surface area contributed by atoms with E-state index in [9.17, 15) is 9.59 Å². The molecule has 1 aliphatic carbocycles. The predicted octanol–water partition coefficient (Wildman–Crippen LogP) is 2.33. The maximum Gasteiger partial charge on any atom is 0.223 e. The third kappa shape index (κ3) is 4.21. The van der Waals surface area contributed by atoms with Gasteiger partial charge in [-0.05, 0) is 24.0 Å². The van der Waals surface area contributed by atoms with E-state index in [1.165, 1.54) is 0 Å². The van der Waals surface area contributed by atoms with Gasteiger partial charge in [0.25, 0.3) is 0 Å². The summed E-state index contributed by atoms with van der Waals surface area (Å²) in [6.45, 7) is 4.61. The van der Waals surface area contributed by atoms with Crippen molar-refractivity contribution in [2.45, 2.75) is 26.2 Å². The second-order valence-electron chi connectivity index (χ2n) is 5.71. The van der Waals surface area contributed by atoms with Crippen molar-refractivity contribution in [1.29, 1.82) is 0 Å². The molecule has 0 heterocycles. The summed E-state index contributed by atoms with van der Waals surface area (Å²) in [6.07, 6.45) is 0.841. The molecule has 1 aromatic carbocycles. The third-order valence-electron chi connectivity index (χ3n) is 3.68. The zero-order valence-corrected chi connectivity index (χ0v) is 13.1. The van der Waals surface area contributed by atoms with E-state index in [1.807, 2.05) is 38.1 Å². The quantitative estimate of drug-likeness (QED) is 0.793. The maximum atomic E-state index is 12.0. The van der Waals surface area contributed by atoms with Crippen LogP contribution in [-0.2, 0) is 9.59 Å². The van der Waals surface area contributed by atoms with Crippen LogP contribution >= 0.6 is 11.6 Å². The van der Waals surface area contributed by atoms with Gasteiger partial charge in [0, 0.05) is 29.9 Å². The first kappa shape index (κ1) is 15.8. The van der Waals surface area contributed by atoms with Crippen LogP contribution in [0.2, 0.25) is 5.02 Å². The predicted molar refractivity (Wildman–Crippen MR) is 83.2 cm³/mol. The Balaban J connectivity index is 1.72. The molecule has 0 radical (unpaired) electrons. The lowest BCUT2D eigenvalue weighted by Gasteiger charge is -2.09. The molecule has 21 heavy (non-hydrogen) atoms. The van der Waals surface area contributed by atoms with Gasteiger partial charge >= 0.3 is 0 Å². The van der Waals surface area contributed by atoms with E-state index < -0.39 is 0 Å². The fourth-order valence-electron chi connectivity index (χ4n) is 2.31. The van der Waals surface area contributed by atoms with Crippen molar-refractivity contribution in [1.82, 2.24) is 10.6 Å². The number of hydrogen-bond acceptors (Lipinski definition) is 2. The average Bonchev–Trinajstić information content (AvgIpc) is 3.23.